The summed E-state index contributed by atoms with van der Waals surface area (Å²) < 4.78 is 6.48. The molecule has 0 bridgehead atoms. The average Bonchev–Trinajstić information content (AvgIpc) is 3.34. The fraction of sp³-hybridized carbons (Fsp3) is 0.423. The third-order valence-electron chi connectivity index (χ3n) is 7.16. The summed E-state index contributed by atoms with van der Waals surface area (Å²) in [6.07, 6.45) is 4.47. The molecule has 1 aromatic heterocycles. The van der Waals surface area contributed by atoms with Crippen molar-refractivity contribution in [3.8, 4) is 5.75 Å². The second kappa shape index (κ2) is 7.47. The highest BCUT2D eigenvalue weighted by molar-refractivity contribution is 6.00. The first-order valence-electron chi connectivity index (χ1n) is 11.7. The molecule has 2 aromatic carbocycles. The summed E-state index contributed by atoms with van der Waals surface area (Å²) >= 11 is 0. The van der Waals surface area contributed by atoms with Crippen LogP contribution < -0.4 is 14.5 Å². The standard InChI is InChI=1S/C26H28N4O2/c1-18-8-9-23-19(16-18)22(31)17-26(32-23)10-14-30(15-11-26)25-24(29-12-4-5-13-29)27-20-6-2-3-7-21(20)28-25/h2-3,6-9,16H,4-5,10-15,17H2,1H3. The van der Waals surface area contributed by atoms with Crippen molar-refractivity contribution in [2.75, 3.05) is 36.0 Å². The van der Waals surface area contributed by atoms with Crippen LogP contribution in [0.4, 0.5) is 11.6 Å². The first-order chi connectivity index (χ1) is 15.6. The van der Waals surface area contributed by atoms with Crippen molar-refractivity contribution >= 4 is 28.5 Å². The van der Waals surface area contributed by atoms with Crippen LogP contribution in [0.15, 0.2) is 42.5 Å². The largest absolute Gasteiger partial charge is 0.486 e. The quantitative estimate of drug-likeness (QED) is 0.597. The van der Waals surface area contributed by atoms with Crippen LogP contribution in [0.2, 0.25) is 0 Å². The zero-order valence-electron chi connectivity index (χ0n) is 18.5. The number of benzene rings is 2. The number of hydrogen-bond acceptors (Lipinski definition) is 6. The number of aryl methyl sites for hydroxylation is 1. The van der Waals surface area contributed by atoms with Crippen molar-refractivity contribution in [3.63, 3.8) is 0 Å². The molecule has 6 nitrogen and oxygen atoms in total. The first kappa shape index (κ1) is 19.5. The maximum atomic E-state index is 12.9. The number of rotatable bonds is 2. The van der Waals surface area contributed by atoms with E-state index in [9.17, 15) is 4.79 Å². The molecule has 0 aliphatic carbocycles. The number of aromatic nitrogens is 2. The van der Waals surface area contributed by atoms with E-state index >= 15 is 0 Å². The van der Waals surface area contributed by atoms with Crippen LogP contribution in [0.25, 0.3) is 11.0 Å². The van der Waals surface area contributed by atoms with Crippen LogP contribution in [0, 0.1) is 6.92 Å². The number of hydrogen-bond donors (Lipinski definition) is 0. The van der Waals surface area contributed by atoms with Gasteiger partial charge in [-0.2, -0.15) is 0 Å². The van der Waals surface area contributed by atoms with E-state index in [0.717, 1.165) is 78.6 Å². The smallest absolute Gasteiger partial charge is 0.172 e. The number of ether oxygens (including phenoxy) is 1. The number of para-hydroxylation sites is 2. The Balaban J connectivity index is 1.29. The minimum Gasteiger partial charge on any atom is -0.486 e. The van der Waals surface area contributed by atoms with Gasteiger partial charge in [0.05, 0.1) is 23.0 Å². The van der Waals surface area contributed by atoms with Gasteiger partial charge in [0.25, 0.3) is 0 Å². The maximum Gasteiger partial charge on any atom is 0.172 e. The van der Waals surface area contributed by atoms with Gasteiger partial charge in [-0.25, -0.2) is 9.97 Å². The highest BCUT2D eigenvalue weighted by Gasteiger charge is 2.43. The fourth-order valence-corrected chi connectivity index (χ4v) is 5.35. The monoisotopic (exact) mass is 428 g/mol. The van der Waals surface area contributed by atoms with Gasteiger partial charge in [0.2, 0.25) is 0 Å². The number of piperidine rings is 1. The molecule has 3 aromatic rings. The summed E-state index contributed by atoms with van der Waals surface area (Å²) in [6.45, 7) is 5.70. The Kier molecular flexibility index (Phi) is 4.56. The number of Topliss-reactive ketones (excluding diaryl/α,β-unsaturated/α-hetero) is 1. The lowest BCUT2D eigenvalue weighted by Crippen LogP contribution is -2.51. The number of anilines is 2. The Bertz CT molecular complexity index is 1190. The lowest BCUT2D eigenvalue weighted by atomic mass is 9.82. The molecule has 0 unspecified atom stereocenters. The van der Waals surface area contributed by atoms with E-state index < -0.39 is 5.60 Å². The average molecular weight is 429 g/mol. The molecule has 164 valence electrons. The molecule has 0 radical (unpaired) electrons. The summed E-state index contributed by atoms with van der Waals surface area (Å²) in [6, 6.07) is 14.0. The van der Waals surface area contributed by atoms with Gasteiger partial charge in [-0.05, 0) is 44.0 Å². The summed E-state index contributed by atoms with van der Waals surface area (Å²) in [7, 11) is 0. The highest BCUT2D eigenvalue weighted by Crippen LogP contribution is 2.41. The van der Waals surface area contributed by atoms with Gasteiger partial charge in [-0.1, -0.05) is 23.8 Å². The molecule has 6 heteroatoms. The van der Waals surface area contributed by atoms with E-state index in [1.165, 1.54) is 12.8 Å². The minimum absolute atomic E-state index is 0.201. The number of fused-ring (bicyclic) bond motifs is 2. The zero-order chi connectivity index (χ0) is 21.7. The summed E-state index contributed by atoms with van der Waals surface area (Å²) in [5.41, 5.74) is 3.29. The molecule has 32 heavy (non-hydrogen) atoms. The normalized spacial score (nSPS) is 20.0. The molecule has 0 amide bonds. The van der Waals surface area contributed by atoms with Gasteiger partial charge in [0.1, 0.15) is 11.4 Å². The molecule has 1 spiro atoms. The molecule has 4 heterocycles. The summed E-state index contributed by atoms with van der Waals surface area (Å²) in [5.74, 6) is 2.91. The second-order valence-corrected chi connectivity index (χ2v) is 9.43. The van der Waals surface area contributed by atoms with Gasteiger partial charge in [-0.3, -0.25) is 4.79 Å². The van der Waals surface area contributed by atoms with Gasteiger partial charge in [0.15, 0.2) is 17.4 Å². The molecular formula is C26H28N4O2. The van der Waals surface area contributed by atoms with Crippen LogP contribution in [0.3, 0.4) is 0 Å². The molecule has 6 rings (SSSR count). The SMILES string of the molecule is Cc1ccc2c(c1)C(=O)CC1(CCN(c3nc4ccccc4nc3N3CCCC3)CC1)O2. The Morgan fingerprint density at radius 2 is 1.50 bits per heavy atom. The van der Waals surface area contributed by atoms with Crippen LogP contribution in [0.5, 0.6) is 5.75 Å². The van der Waals surface area contributed by atoms with Crippen molar-refractivity contribution in [3.05, 3.63) is 53.6 Å². The van der Waals surface area contributed by atoms with Gasteiger partial charge in [-0.15, -0.1) is 0 Å². The number of carbonyl (C=O) groups excluding carboxylic acids is 1. The predicted molar refractivity (Wildman–Crippen MR) is 126 cm³/mol. The maximum absolute atomic E-state index is 12.9. The van der Waals surface area contributed by atoms with Crippen LogP contribution in [0.1, 0.15) is 48.0 Å². The van der Waals surface area contributed by atoms with Crippen molar-refractivity contribution in [1.82, 2.24) is 9.97 Å². The second-order valence-electron chi connectivity index (χ2n) is 9.43. The first-order valence-corrected chi connectivity index (χ1v) is 11.7. The van der Waals surface area contributed by atoms with E-state index in [0.29, 0.717) is 6.42 Å². The van der Waals surface area contributed by atoms with Gasteiger partial charge >= 0.3 is 0 Å². The molecular weight excluding hydrogens is 400 g/mol. The van der Waals surface area contributed by atoms with Crippen molar-refractivity contribution in [2.24, 2.45) is 0 Å². The van der Waals surface area contributed by atoms with Crippen molar-refractivity contribution in [1.29, 1.82) is 0 Å². The lowest BCUT2D eigenvalue weighted by molar-refractivity contribution is 0.0231. The van der Waals surface area contributed by atoms with E-state index in [1.54, 1.807) is 0 Å². The Labute approximate surface area is 188 Å². The number of nitrogens with zero attached hydrogens (tertiary/aromatic N) is 4. The Morgan fingerprint density at radius 3 is 2.16 bits per heavy atom. The highest BCUT2D eigenvalue weighted by atomic mass is 16.5. The molecule has 3 aliphatic rings. The number of carbonyl (C=O) groups is 1. The Hall–Kier alpha value is -3.15. The predicted octanol–water partition coefficient (Wildman–Crippen LogP) is 4.54. The van der Waals surface area contributed by atoms with Crippen molar-refractivity contribution < 1.29 is 9.53 Å². The van der Waals surface area contributed by atoms with Crippen LogP contribution in [-0.4, -0.2) is 47.5 Å². The third-order valence-corrected chi connectivity index (χ3v) is 7.16. The molecule has 2 saturated heterocycles. The molecule has 3 aliphatic heterocycles. The fourth-order valence-electron chi connectivity index (χ4n) is 5.35. The Morgan fingerprint density at radius 1 is 0.875 bits per heavy atom. The van der Waals surface area contributed by atoms with Crippen LogP contribution >= 0.6 is 0 Å². The van der Waals surface area contributed by atoms with E-state index in [-0.39, 0.29) is 5.78 Å². The van der Waals surface area contributed by atoms with E-state index in [2.05, 4.69) is 9.80 Å². The van der Waals surface area contributed by atoms with Gasteiger partial charge in [0, 0.05) is 39.0 Å². The molecule has 0 saturated carbocycles. The summed E-state index contributed by atoms with van der Waals surface area (Å²) in [4.78, 5) is 27.7. The van der Waals surface area contributed by atoms with E-state index in [4.69, 9.17) is 14.7 Å². The van der Waals surface area contributed by atoms with E-state index in [1.807, 2.05) is 49.4 Å². The molecule has 0 atom stereocenters. The third kappa shape index (κ3) is 3.29. The molecule has 0 N–H and O–H groups in total. The topological polar surface area (TPSA) is 58.6 Å². The summed E-state index contributed by atoms with van der Waals surface area (Å²) in [5, 5.41) is 0. The zero-order valence-corrected chi connectivity index (χ0v) is 18.5. The lowest BCUT2D eigenvalue weighted by Gasteiger charge is -2.44. The minimum atomic E-state index is -0.409. The van der Waals surface area contributed by atoms with Crippen molar-refractivity contribution in [2.45, 2.75) is 44.6 Å². The van der Waals surface area contributed by atoms with Crippen LogP contribution in [-0.2, 0) is 0 Å². The molecule has 2 fully saturated rings. The van der Waals surface area contributed by atoms with Gasteiger partial charge < -0.3 is 14.5 Å². The number of ketones is 1.